The van der Waals surface area contributed by atoms with Gasteiger partial charge in [0, 0.05) is 55.6 Å². The Hall–Kier alpha value is -5.53. The second-order valence-corrected chi connectivity index (χ2v) is 20.2. The second-order valence-electron chi connectivity index (χ2n) is 18.0. The lowest BCUT2D eigenvalue weighted by Crippen LogP contribution is -2.47. The summed E-state index contributed by atoms with van der Waals surface area (Å²) >= 11 is 6.24. The normalized spacial score (nSPS) is 20.7. The number of hydrogen-bond acceptors (Lipinski definition) is 11. The van der Waals surface area contributed by atoms with Gasteiger partial charge in [-0.1, -0.05) is 43.2 Å². The number of nitrogens with zero attached hydrogens (tertiary/aromatic N) is 5. The van der Waals surface area contributed by atoms with Crippen molar-refractivity contribution in [3.63, 3.8) is 0 Å². The first-order valence-corrected chi connectivity index (χ1v) is 23.1. The molecule has 1 saturated heterocycles. The summed E-state index contributed by atoms with van der Waals surface area (Å²) < 4.78 is 56.4. The molecule has 8 rings (SSSR count). The van der Waals surface area contributed by atoms with Crippen molar-refractivity contribution >= 4 is 49.7 Å². The van der Waals surface area contributed by atoms with E-state index in [1.807, 2.05) is 25.1 Å². The van der Waals surface area contributed by atoms with Crippen LogP contribution in [0.4, 0.5) is 10.1 Å². The predicted octanol–water partition coefficient (Wildman–Crippen LogP) is 8.64. The van der Waals surface area contributed by atoms with Crippen LogP contribution in [0.5, 0.6) is 17.4 Å². The fourth-order valence-electron chi connectivity index (χ4n) is 8.74. The number of carbonyl (C=O) groups is 1. The SMILES string of the molecule is CC1(C)CCC(CN2CCN(c3ccc(C(=O)NS(=O)(=O)c4cnc(OC[C@H]5CC[C@@](C)(O)CC5)c(C#N)c4)c(Oc4cc(F)cc5[nH]ncc45)c3)CC2)=C(c2ccc(Cl)cc2)C1. The van der Waals surface area contributed by atoms with Crippen LogP contribution in [-0.4, -0.2) is 84.4 Å². The van der Waals surface area contributed by atoms with Crippen LogP contribution in [0, 0.1) is 28.5 Å². The minimum absolute atomic E-state index is 0.00197. The zero-order valence-electron chi connectivity index (χ0n) is 35.6. The summed E-state index contributed by atoms with van der Waals surface area (Å²) in [7, 11) is -4.56. The molecule has 3 N–H and O–H groups in total. The van der Waals surface area contributed by atoms with Gasteiger partial charge < -0.3 is 19.5 Å². The fourth-order valence-corrected chi connectivity index (χ4v) is 9.80. The van der Waals surface area contributed by atoms with Crippen LogP contribution < -0.4 is 19.1 Å². The molecule has 16 heteroatoms. The molecule has 1 saturated carbocycles. The van der Waals surface area contributed by atoms with Gasteiger partial charge in [0.25, 0.3) is 15.9 Å². The van der Waals surface area contributed by atoms with E-state index >= 15 is 0 Å². The van der Waals surface area contributed by atoms with E-state index in [0.29, 0.717) is 41.9 Å². The number of hydrogen-bond donors (Lipinski definition) is 3. The summed E-state index contributed by atoms with van der Waals surface area (Å²) in [6.07, 6.45) is 8.39. The summed E-state index contributed by atoms with van der Waals surface area (Å²) in [5.41, 5.74) is 4.43. The number of ether oxygens (including phenoxy) is 2. The molecule has 330 valence electrons. The molecule has 63 heavy (non-hydrogen) atoms. The van der Waals surface area contributed by atoms with Gasteiger partial charge in [-0.2, -0.15) is 10.4 Å². The first-order chi connectivity index (χ1) is 30.0. The molecular formula is C47H51ClFN7O6S. The number of fused-ring (bicyclic) bond motifs is 1. The Bertz CT molecular complexity index is 2700. The highest BCUT2D eigenvalue weighted by Gasteiger charge is 2.32. The summed E-state index contributed by atoms with van der Waals surface area (Å²) in [5.74, 6) is -1.40. The number of halogens is 2. The van der Waals surface area contributed by atoms with Gasteiger partial charge in [0.15, 0.2) is 0 Å². The quantitative estimate of drug-likeness (QED) is 0.109. The maximum Gasteiger partial charge on any atom is 0.268 e. The molecule has 0 unspecified atom stereocenters. The smallest absolute Gasteiger partial charge is 0.268 e. The third kappa shape index (κ3) is 10.3. The van der Waals surface area contributed by atoms with Crippen molar-refractivity contribution in [1.29, 1.82) is 5.26 Å². The van der Waals surface area contributed by atoms with Gasteiger partial charge in [-0.05, 0) is 111 Å². The van der Waals surface area contributed by atoms with Gasteiger partial charge in [-0.15, -0.1) is 0 Å². The highest BCUT2D eigenvalue weighted by molar-refractivity contribution is 7.90. The van der Waals surface area contributed by atoms with Crippen molar-refractivity contribution < 1.29 is 32.2 Å². The number of allylic oxidation sites excluding steroid dienone is 1. The molecular weight excluding hydrogens is 845 g/mol. The lowest BCUT2D eigenvalue weighted by Gasteiger charge is -2.39. The molecule has 3 heterocycles. The number of nitrogens with one attached hydrogen (secondary N) is 2. The van der Waals surface area contributed by atoms with Crippen LogP contribution in [0.25, 0.3) is 16.5 Å². The van der Waals surface area contributed by atoms with Gasteiger partial charge in [-0.25, -0.2) is 22.5 Å². The Labute approximate surface area is 371 Å². The number of piperazine rings is 1. The number of H-pyrrole nitrogens is 1. The number of nitriles is 1. The third-order valence-electron chi connectivity index (χ3n) is 12.6. The number of pyridine rings is 1. The molecule has 2 aliphatic carbocycles. The minimum atomic E-state index is -4.56. The molecule has 1 amide bonds. The first-order valence-electron chi connectivity index (χ1n) is 21.3. The van der Waals surface area contributed by atoms with Crippen LogP contribution >= 0.6 is 11.6 Å². The summed E-state index contributed by atoms with van der Waals surface area (Å²) in [5, 5.41) is 28.1. The molecule has 3 aliphatic rings. The van der Waals surface area contributed by atoms with Gasteiger partial charge >= 0.3 is 0 Å². The number of benzene rings is 3. The average Bonchev–Trinajstić information content (AvgIpc) is 3.73. The molecule has 1 aliphatic heterocycles. The highest BCUT2D eigenvalue weighted by Crippen LogP contribution is 2.44. The number of anilines is 1. The van der Waals surface area contributed by atoms with Crippen LogP contribution in [-0.2, 0) is 10.0 Å². The number of aromatic amines is 1. The fraction of sp³-hybridized carbons (Fsp3) is 0.404. The van der Waals surface area contributed by atoms with Crippen LogP contribution in [0.3, 0.4) is 0 Å². The van der Waals surface area contributed by atoms with Gasteiger partial charge in [0.2, 0.25) is 5.88 Å². The largest absolute Gasteiger partial charge is 0.476 e. The molecule has 0 bridgehead atoms. The van der Waals surface area contributed by atoms with E-state index in [4.69, 9.17) is 21.1 Å². The van der Waals surface area contributed by atoms with Crippen molar-refractivity contribution in [3.8, 4) is 23.4 Å². The number of aliphatic hydroxyl groups is 1. The molecule has 3 aromatic carbocycles. The first kappa shape index (κ1) is 44.1. The van der Waals surface area contributed by atoms with E-state index in [-0.39, 0.29) is 46.4 Å². The van der Waals surface area contributed by atoms with E-state index in [1.54, 1.807) is 12.1 Å². The van der Waals surface area contributed by atoms with E-state index in [1.165, 1.54) is 41.1 Å². The van der Waals surface area contributed by atoms with Crippen molar-refractivity contribution in [2.24, 2.45) is 11.3 Å². The van der Waals surface area contributed by atoms with Crippen molar-refractivity contribution in [2.75, 3.05) is 44.2 Å². The number of aromatic nitrogens is 3. The van der Waals surface area contributed by atoms with Crippen molar-refractivity contribution in [2.45, 2.75) is 76.2 Å². The molecule has 2 fully saturated rings. The molecule has 0 radical (unpaired) electrons. The predicted molar refractivity (Wildman–Crippen MR) is 239 cm³/mol. The Morgan fingerprint density at radius 2 is 1.76 bits per heavy atom. The maximum atomic E-state index is 14.8. The third-order valence-corrected chi connectivity index (χ3v) is 14.1. The summed E-state index contributed by atoms with van der Waals surface area (Å²) in [6, 6.07) is 18.5. The maximum absolute atomic E-state index is 14.8. The van der Waals surface area contributed by atoms with Gasteiger partial charge in [-0.3, -0.25) is 14.8 Å². The van der Waals surface area contributed by atoms with Gasteiger partial charge in [0.1, 0.15) is 33.8 Å². The van der Waals surface area contributed by atoms with Gasteiger partial charge in [0.05, 0.1) is 41.1 Å². The topological polar surface area (TPSA) is 174 Å². The number of sulfonamides is 1. The summed E-state index contributed by atoms with van der Waals surface area (Å²) in [6.45, 7) is 10.5. The number of carbonyl (C=O) groups excluding carboxylic acids is 1. The molecule has 0 atom stereocenters. The Morgan fingerprint density at radius 3 is 2.49 bits per heavy atom. The monoisotopic (exact) mass is 895 g/mol. The lowest BCUT2D eigenvalue weighted by molar-refractivity contribution is 0.00125. The second kappa shape index (κ2) is 17.9. The Kier molecular flexibility index (Phi) is 12.5. The average molecular weight is 896 g/mol. The van der Waals surface area contributed by atoms with Crippen LogP contribution in [0.15, 0.2) is 83.5 Å². The lowest BCUT2D eigenvalue weighted by atomic mass is 9.72. The Balaban J connectivity index is 1.00. The molecule has 2 aromatic heterocycles. The van der Waals surface area contributed by atoms with Crippen LogP contribution in [0.1, 0.15) is 87.2 Å². The summed E-state index contributed by atoms with van der Waals surface area (Å²) in [4.78, 5) is 22.3. The van der Waals surface area contributed by atoms with E-state index < -0.39 is 32.2 Å². The minimum Gasteiger partial charge on any atom is -0.476 e. The molecule has 5 aromatic rings. The van der Waals surface area contributed by atoms with Crippen molar-refractivity contribution in [1.82, 2.24) is 24.8 Å². The standard InChI is InChI=1S/C47H51ClFN7O6S/c1-46(2)13-12-32(39(24-46)31-4-6-34(48)7-5-31)28-55-16-18-56(19-17-55)36-8-9-38(43(23-36)62-42-22-35(49)21-41-40(42)27-52-53-41)44(57)54-63(59,60)37-20-33(25-50)45(51-26-37)61-29-30-10-14-47(3,58)15-11-30/h4-9,20-23,26-27,30,58H,10-19,24,28-29H2,1-3H3,(H,52,53)(H,54,57)/t30-,47+. The van der Waals surface area contributed by atoms with Crippen LogP contribution in [0.2, 0.25) is 5.02 Å². The van der Waals surface area contributed by atoms with E-state index in [2.05, 4.69) is 55.7 Å². The van der Waals surface area contributed by atoms with E-state index in [0.717, 1.165) is 69.7 Å². The molecule has 0 spiro atoms. The molecule has 13 nitrogen and oxygen atoms in total. The van der Waals surface area contributed by atoms with E-state index in [9.17, 15) is 28.0 Å². The zero-order chi connectivity index (χ0) is 44.5. The number of rotatable bonds is 12. The van der Waals surface area contributed by atoms with Crippen molar-refractivity contribution in [3.05, 3.63) is 106 Å². The highest BCUT2D eigenvalue weighted by atomic mass is 35.5. The Morgan fingerprint density at radius 1 is 1.02 bits per heavy atom. The number of amides is 1. The zero-order valence-corrected chi connectivity index (χ0v) is 37.2.